The van der Waals surface area contributed by atoms with Crippen molar-refractivity contribution in [2.75, 3.05) is 4.90 Å². The van der Waals surface area contributed by atoms with Gasteiger partial charge in [-0.2, -0.15) is 0 Å². The van der Waals surface area contributed by atoms with Gasteiger partial charge in [-0.25, -0.2) is 0 Å². The molecule has 37 heavy (non-hydrogen) atoms. The van der Waals surface area contributed by atoms with Crippen LogP contribution in [0.5, 0.6) is 5.75 Å². The van der Waals surface area contributed by atoms with Crippen LogP contribution >= 0.6 is 28.1 Å². The third-order valence-corrected chi connectivity index (χ3v) is 8.10. The number of furan rings is 1. The number of aromatic nitrogens is 1. The number of rotatable bonds is 6. The summed E-state index contributed by atoms with van der Waals surface area (Å²) in [7, 11) is 0. The molecular formula is C30H28BrN3O2S. The van der Waals surface area contributed by atoms with E-state index in [0.717, 1.165) is 51.5 Å². The van der Waals surface area contributed by atoms with Gasteiger partial charge in [-0.3, -0.25) is 4.98 Å². The lowest BCUT2D eigenvalue weighted by atomic mass is 10.0. The van der Waals surface area contributed by atoms with Gasteiger partial charge in [0.05, 0.1) is 17.8 Å². The Morgan fingerprint density at radius 3 is 2.57 bits per heavy atom. The van der Waals surface area contributed by atoms with Gasteiger partial charge in [0.15, 0.2) is 5.11 Å². The average Bonchev–Trinajstić information content (AvgIpc) is 3.66. The summed E-state index contributed by atoms with van der Waals surface area (Å²) in [6, 6.07) is 24.1. The molecule has 0 amide bonds. The highest BCUT2D eigenvalue weighted by Gasteiger charge is 2.42. The number of halogens is 1. The molecule has 2 aromatic heterocycles. The summed E-state index contributed by atoms with van der Waals surface area (Å²) in [5, 5.41) is 4.14. The Balaban J connectivity index is 1.36. The Hall–Kier alpha value is -3.16. The fraction of sp³-hybridized carbons (Fsp3) is 0.267. The van der Waals surface area contributed by atoms with Crippen LogP contribution in [0.4, 0.5) is 5.69 Å². The Morgan fingerprint density at radius 1 is 1.03 bits per heavy atom. The fourth-order valence-corrected chi connectivity index (χ4v) is 6.32. The molecule has 4 aromatic rings. The van der Waals surface area contributed by atoms with E-state index in [4.69, 9.17) is 21.4 Å². The minimum atomic E-state index is -0.207. The van der Waals surface area contributed by atoms with E-state index >= 15 is 0 Å². The summed E-state index contributed by atoms with van der Waals surface area (Å²) >= 11 is 9.56. The number of nitrogens with zero attached hydrogens (tertiary/aromatic N) is 2. The van der Waals surface area contributed by atoms with Crippen LogP contribution in [0.2, 0.25) is 0 Å². The van der Waals surface area contributed by atoms with Gasteiger partial charge < -0.3 is 19.4 Å². The predicted octanol–water partition coefficient (Wildman–Crippen LogP) is 7.91. The molecule has 0 unspecified atom stereocenters. The quantitative estimate of drug-likeness (QED) is 0.236. The molecule has 1 saturated carbocycles. The van der Waals surface area contributed by atoms with E-state index in [1.807, 2.05) is 48.7 Å². The lowest BCUT2D eigenvalue weighted by Gasteiger charge is -2.26. The van der Waals surface area contributed by atoms with Gasteiger partial charge in [0.1, 0.15) is 23.3 Å². The van der Waals surface area contributed by atoms with Gasteiger partial charge in [-0.05, 0) is 111 Å². The molecule has 1 aliphatic heterocycles. The number of benzene rings is 2. The van der Waals surface area contributed by atoms with Gasteiger partial charge in [-0.1, -0.05) is 28.1 Å². The summed E-state index contributed by atoms with van der Waals surface area (Å²) in [6.45, 7) is 2.08. The maximum Gasteiger partial charge on any atom is 0.174 e. The van der Waals surface area contributed by atoms with E-state index in [-0.39, 0.29) is 12.1 Å². The zero-order valence-electron chi connectivity index (χ0n) is 20.6. The van der Waals surface area contributed by atoms with Crippen LogP contribution in [-0.4, -0.2) is 16.2 Å². The smallest absolute Gasteiger partial charge is 0.174 e. The molecule has 1 aliphatic carbocycles. The van der Waals surface area contributed by atoms with Crippen molar-refractivity contribution in [2.45, 2.75) is 50.8 Å². The summed E-state index contributed by atoms with van der Waals surface area (Å²) in [6.07, 6.45) is 6.89. The molecule has 2 atom stereocenters. The molecule has 7 heteroatoms. The molecule has 0 radical (unpaired) electrons. The molecule has 2 aliphatic rings. The van der Waals surface area contributed by atoms with Crippen LogP contribution in [-0.2, 0) is 0 Å². The Kier molecular flexibility index (Phi) is 6.74. The fourth-order valence-electron chi connectivity index (χ4n) is 5.28. The summed E-state index contributed by atoms with van der Waals surface area (Å²) in [4.78, 5) is 6.77. The molecule has 5 nitrogen and oxygen atoms in total. The molecule has 0 spiro atoms. The van der Waals surface area contributed by atoms with Crippen molar-refractivity contribution >= 4 is 38.9 Å². The zero-order chi connectivity index (χ0) is 25.4. The minimum Gasteiger partial charge on any atom is -0.490 e. The molecule has 6 rings (SSSR count). The molecule has 188 valence electrons. The molecule has 0 bridgehead atoms. The molecule has 2 fully saturated rings. The summed E-state index contributed by atoms with van der Waals surface area (Å²) in [5.41, 5.74) is 4.09. The average molecular weight is 575 g/mol. The molecule has 1 saturated heterocycles. The second-order valence-electron chi connectivity index (χ2n) is 9.70. The standard InChI is InChI=1S/C30H28BrN3O2S/c1-19-9-14-23(24(31)18-19)26-15-16-27(36-26)29-28(25-8-4-5-17-32-25)33-30(37)34(29)20-10-12-22(13-11-20)35-21-6-2-3-7-21/h4-5,8-18,21,28-29H,2-3,6-7H2,1H3,(H,33,37)/t28-,29+/m0/s1. The number of aryl methyl sites for hydroxylation is 1. The van der Waals surface area contributed by atoms with Crippen LogP contribution < -0.4 is 15.0 Å². The van der Waals surface area contributed by atoms with Crippen molar-refractivity contribution in [3.8, 4) is 17.1 Å². The van der Waals surface area contributed by atoms with Crippen molar-refractivity contribution in [2.24, 2.45) is 0 Å². The van der Waals surface area contributed by atoms with Crippen molar-refractivity contribution in [1.29, 1.82) is 0 Å². The molecule has 3 heterocycles. The third kappa shape index (κ3) is 4.90. The lowest BCUT2D eigenvalue weighted by Crippen LogP contribution is -2.29. The SMILES string of the molecule is Cc1ccc(-c2ccc([C@@H]3[C@H](c4ccccn4)NC(=S)N3c3ccc(OC4CCCC4)cc3)o2)c(Br)c1. The Bertz CT molecular complexity index is 1400. The van der Waals surface area contributed by atoms with E-state index in [9.17, 15) is 0 Å². The van der Waals surface area contributed by atoms with Crippen LogP contribution in [0.1, 0.15) is 54.8 Å². The van der Waals surface area contributed by atoms with E-state index in [1.165, 1.54) is 18.4 Å². The number of thiocarbonyl (C=S) groups is 1. The number of anilines is 1. The van der Waals surface area contributed by atoms with Gasteiger partial charge in [-0.15, -0.1) is 0 Å². The van der Waals surface area contributed by atoms with Crippen LogP contribution in [0, 0.1) is 6.92 Å². The van der Waals surface area contributed by atoms with E-state index < -0.39 is 0 Å². The molecule has 1 N–H and O–H groups in total. The predicted molar refractivity (Wildman–Crippen MR) is 154 cm³/mol. The van der Waals surface area contributed by atoms with Gasteiger partial charge in [0, 0.05) is 21.9 Å². The lowest BCUT2D eigenvalue weighted by molar-refractivity contribution is 0.210. The second kappa shape index (κ2) is 10.3. The number of hydrogen-bond acceptors (Lipinski definition) is 4. The first-order valence-corrected chi connectivity index (χ1v) is 13.9. The van der Waals surface area contributed by atoms with Crippen LogP contribution in [0.25, 0.3) is 11.3 Å². The monoisotopic (exact) mass is 573 g/mol. The molecular weight excluding hydrogens is 546 g/mol. The summed E-state index contributed by atoms with van der Waals surface area (Å²) < 4.78 is 13.7. The minimum absolute atomic E-state index is 0.163. The first-order chi connectivity index (χ1) is 18.1. The number of hydrogen-bond donors (Lipinski definition) is 1. The van der Waals surface area contributed by atoms with Crippen molar-refractivity contribution < 1.29 is 9.15 Å². The largest absolute Gasteiger partial charge is 0.490 e. The highest BCUT2D eigenvalue weighted by Crippen LogP contribution is 2.44. The molecule has 2 aromatic carbocycles. The van der Waals surface area contributed by atoms with Gasteiger partial charge in [0.2, 0.25) is 0 Å². The third-order valence-electron chi connectivity index (χ3n) is 7.13. The zero-order valence-corrected chi connectivity index (χ0v) is 23.0. The van der Waals surface area contributed by atoms with E-state index in [2.05, 4.69) is 68.4 Å². The number of nitrogens with one attached hydrogen (secondary N) is 1. The summed E-state index contributed by atoms with van der Waals surface area (Å²) in [5.74, 6) is 2.52. The number of pyridine rings is 1. The second-order valence-corrected chi connectivity index (χ2v) is 10.9. The topological polar surface area (TPSA) is 50.5 Å². The van der Waals surface area contributed by atoms with Crippen LogP contribution in [0.15, 0.2) is 87.9 Å². The van der Waals surface area contributed by atoms with E-state index in [1.54, 1.807) is 0 Å². The number of ether oxygens (including phenoxy) is 1. The maximum absolute atomic E-state index is 6.51. The maximum atomic E-state index is 6.51. The highest BCUT2D eigenvalue weighted by atomic mass is 79.9. The van der Waals surface area contributed by atoms with E-state index in [0.29, 0.717) is 11.2 Å². The Morgan fingerprint density at radius 2 is 1.84 bits per heavy atom. The van der Waals surface area contributed by atoms with Crippen molar-refractivity contribution in [1.82, 2.24) is 10.3 Å². The van der Waals surface area contributed by atoms with Crippen molar-refractivity contribution in [3.63, 3.8) is 0 Å². The Labute approximate surface area is 231 Å². The first kappa shape index (κ1) is 24.2. The van der Waals surface area contributed by atoms with Gasteiger partial charge >= 0.3 is 0 Å². The van der Waals surface area contributed by atoms with Crippen molar-refractivity contribution in [3.05, 3.63) is 100 Å². The first-order valence-electron chi connectivity index (χ1n) is 12.7. The highest BCUT2D eigenvalue weighted by molar-refractivity contribution is 9.10. The van der Waals surface area contributed by atoms with Crippen LogP contribution in [0.3, 0.4) is 0 Å². The normalized spacial score (nSPS) is 19.8. The van der Waals surface area contributed by atoms with Gasteiger partial charge in [0.25, 0.3) is 0 Å².